The summed E-state index contributed by atoms with van der Waals surface area (Å²) in [7, 11) is -3.67. The van der Waals surface area contributed by atoms with Gasteiger partial charge in [0.25, 0.3) is 10.1 Å². The van der Waals surface area contributed by atoms with Crippen LogP contribution < -0.4 is 0 Å². The maximum Gasteiger partial charge on any atom is 0.261 e. The van der Waals surface area contributed by atoms with Crippen molar-refractivity contribution < 1.29 is 18.1 Å². The lowest BCUT2D eigenvalue weighted by Crippen LogP contribution is -1.88. The molecule has 0 aromatic heterocycles. The minimum absolute atomic E-state index is 0.319. The number of aliphatic hydroxyl groups excluding tert-OH is 1. The Bertz CT molecular complexity index is 116. The number of hydrogen-bond donors (Lipinski definition) is 2. The van der Waals surface area contributed by atoms with Crippen molar-refractivity contribution in [3.8, 4) is 0 Å². The molecule has 5 heteroatoms. The molecule has 0 saturated carbocycles. The van der Waals surface area contributed by atoms with Gasteiger partial charge in [0.2, 0.25) is 0 Å². The fourth-order valence-electron chi connectivity index (χ4n) is 0. The van der Waals surface area contributed by atoms with Gasteiger partial charge >= 0.3 is 0 Å². The monoisotopic (exact) mass is 156 g/mol. The summed E-state index contributed by atoms with van der Waals surface area (Å²) < 4.78 is 25.9. The molecule has 0 aromatic rings. The molecule has 0 unspecified atom stereocenters. The largest absolute Gasteiger partial charge is 0.396 e. The molecule has 0 heterocycles. The van der Waals surface area contributed by atoms with Crippen molar-refractivity contribution in [1.82, 2.24) is 0 Å². The van der Waals surface area contributed by atoms with Crippen LogP contribution in [0.15, 0.2) is 0 Å². The van der Waals surface area contributed by atoms with Crippen LogP contribution in [0.2, 0.25) is 0 Å². The van der Waals surface area contributed by atoms with Crippen LogP contribution in [-0.2, 0) is 10.1 Å². The van der Waals surface area contributed by atoms with Gasteiger partial charge in [0.1, 0.15) is 0 Å². The van der Waals surface area contributed by atoms with Crippen molar-refractivity contribution in [2.75, 3.05) is 12.9 Å². The lowest BCUT2D eigenvalue weighted by molar-refractivity contribution is 0.295. The molecule has 0 rings (SSSR count). The lowest BCUT2D eigenvalue weighted by Gasteiger charge is -1.69. The van der Waals surface area contributed by atoms with E-state index in [4.69, 9.17) is 9.66 Å². The summed E-state index contributed by atoms with van der Waals surface area (Å²) in [5, 5.41) is 7.88. The Kier molecular flexibility index (Phi) is 7.76. The van der Waals surface area contributed by atoms with Crippen LogP contribution in [0.1, 0.15) is 13.3 Å². The van der Waals surface area contributed by atoms with Gasteiger partial charge in [-0.25, -0.2) is 0 Å². The van der Waals surface area contributed by atoms with Gasteiger partial charge in [-0.05, 0) is 6.42 Å². The van der Waals surface area contributed by atoms with Crippen LogP contribution in [0.25, 0.3) is 0 Å². The lowest BCUT2D eigenvalue weighted by atomic mass is 10.5. The molecular formula is C4H12O4S. The van der Waals surface area contributed by atoms with Crippen molar-refractivity contribution in [1.29, 1.82) is 0 Å². The standard InChI is InChI=1S/C3H8O.CH4O3S/c1-2-3-4;1-5(2,3)4/h4H,2-3H2,1H3;1H3,(H,2,3,4). The highest BCUT2D eigenvalue weighted by Crippen LogP contribution is 1.61. The molecule has 0 radical (unpaired) electrons. The molecule has 0 aliphatic carbocycles. The van der Waals surface area contributed by atoms with Gasteiger partial charge in [-0.15, -0.1) is 0 Å². The van der Waals surface area contributed by atoms with Crippen molar-refractivity contribution >= 4 is 10.1 Å². The molecule has 0 spiro atoms. The zero-order chi connectivity index (χ0) is 7.91. The summed E-state index contributed by atoms with van der Waals surface area (Å²) in [5.74, 6) is 0. The maximum atomic E-state index is 9.19. The molecule has 0 aromatic carbocycles. The van der Waals surface area contributed by atoms with Gasteiger partial charge in [0, 0.05) is 6.61 Å². The van der Waals surface area contributed by atoms with Gasteiger partial charge < -0.3 is 5.11 Å². The first-order valence-corrected chi connectivity index (χ1v) is 4.30. The Morgan fingerprint density at radius 1 is 1.44 bits per heavy atom. The highest BCUT2D eigenvalue weighted by molar-refractivity contribution is 7.85. The Balaban J connectivity index is 0. The van der Waals surface area contributed by atoms with E-state index in [0.717, 1.165) is 6.42 Å². The predicted molar refractivity (Wildman–Crippen MR) is 34.8 cm³/mol. The van der Waals surface area contributed by atoms with E-state index in [2.05, 4.69) is 0 Å². The van der Waals surface area contributed by atoms with Gasteiger partial charge in [-0.2, -0.15) is 8.42 Å². The third-order valence-electron chi connectivity index (χ3n) is 0.224. The van der Waals surface area contributed by atoms with Gasteiger partial charge in [0.05, 0.1) is 6.26 Å². The van der Waals surface area contributed by atoms with Crippen LogP contribution in [0.4, 0.5) is 0 Å². The van der Waals surface area contributed by atoms with Gasteiger partial charge in [0.15, 0.2) is 0 Å². The first-order chi connectivity index (χ1) is 3.91. The molecule has 4 nitrogen and oxygen atoms in total. The maximum absolute atomic E-state index is 9.19. The minimum atomic E-state index is -3.67. The first kappa shape index (κ1) is 11.6. The molecule has 2 N–H and O–H groups in total. The first-order valence-electron chi connectivity index (χ1n) is 2.45. The van der Waals surface area contributed by atoms with Crippen LogP contribution in [0.5, 0.6) is 0 Å². The molecule has 0 fully saturated rings. The van der Waals surface area contributed by atoms with Crippen LogP contribution >= 0.6 is 0 Å². The van der Waals surface area contributed by atoms with E-state index in [9.17, 15) is 8.42 Å². The minimum Gasteiger partial charge on any atom is -0.396 e. The van der Waals surface area contributed by atoms with Crippen molar-refractivity contribution in [2.24, 2.45) is 0 Å². The summed E-state index contributed by atoms with van der Waals surface area (Å²) in [6, 6.07) is 0. The molecule has 9 heavy (non-hydrogen) atoms. The quantitative estimate of drug-likeness (QED) is 0.519. The summed E-state index contributed by atoms with van der Waals surface area (Å²) in [5.41, 5.74) is 0. The average molecular weight is 156 g/mol. The number of rotatable bonds is 1. The molecule has 0 atom stereocenters. The molecule has 0 aliphatic heterocycles. The van der Waals surface area contributed by atoms with E-state index >= 15 is 0 Å². The second-order valence-corrected chi connectivity index (χ2v) is 2.92. The Morgan fingerprint density at radius 3 is 1.56 bits per heavy atom. The summed E-state index contributed by atoms with van der Waals surface area (Å²) in [6.07, 6.45) is 1.59. The zero-order valence-corrected chi connectivity index (χ0v) is 6.35. The average Bonchev–Trinajstić information content (AvgIpc) is 1.61. The fourth-order valence-corrected chi connectivity index (χ4v) is 0. The third-order valence-corrected chi connectivity index (χ3v) is 0.224. The normalized spacial score (nSPS) is 9.78. The van der Waals surface area contributed by atoms with E-state index < -0.39 is 10.1 Å². The topological polar surface area (TPSA) is 74.6 Å². The van der Waals surface area contributed by atoms with E-state index in [-0.39, 0.29) is 0 Å². The molecule has 0 bridgehead atoms. The molecule has 0 saturated heterocycles. The zero-order valence-electron chi connectivity index (χ0n) is 5.53. The number of hydrogen-bond acceptors (Lipinski definition) is 3. The highest BCUT2D eigenvalue weighted by Gasteiger charge is 1.81. The smallest absolute Gasteiger partial charge is 0.261 e. The second kappa shape index (κ2) is 6.00. The van der Waals surface area contributed by atoms with E-state index in [1.54, 1.807) is 0 Å². The molecule has 0 aliphatic rings. The second-order valence-electron chi connectivity index (χ2n) is 1.46. The Morgan fingerprint density at radius 2 is 1.56 bits per heavy atom. The number of aliphatic hydroxyl groups is 1. The van der Waals surface area contributed by atoms with Crippen LogP contribution in [0, 0.1) is 0 Å². The van der Waals surface area contributed by atoms with Gasteiger partial charge in [-0.1, -0.05) is 6.92 Å². The molecule has 58 valence electrons. The molecular weight excluding hydrogens is 144 g/mol. The summed E-state index contributed by atoms with van der Waals surface area (Å²) in [4.78, 5) is 0. The van der Waals surface area contributed by atoms with Gasteiger partial charge in [-0.3, -0.25) is 4.55 Å². The third kappa shape index (κ3) is 358. The molecule has 0 amide bonds. The van der Waals surface area contributed by atoms with Crippen LogP contribution in [-0.4, -0.2) is 30.9 Å². The summed E-state index contributed by atoms with van der Waals surface area (Å²) in [6.45, 7) is 2.25. The Hall–Kier alpha value is -0.130. The highest BCUT2D eigenvalue weighted by atomic mass is 32.2. The summed E-state index contributed by atoms with van der Waals surface area (Å²) >= 11 is 0. The van der Waals surface area contributed by atoms with E-state index in [0.29, 0.717) is 12.9 Å². The SMILES string of the molecule is CCCO.CS(=O)(=O)O. The fraction of sp³-hybridized carbons (Fsp3) is 1.00. The van der Waals surface area contributed by atoms with Crippen molar-refractivity contribution in [2.45, 2.75) is 13.3 Å². The van der Waals surface area contributed by atoms with Crippen LogP contribution in [0.3, 0.4) is 0 Å². The van der Waals surface area contributed by atoms with Crippen molar-refractivity contribution in [3.63, 3.8) is 0 Å². The predicted octanol–water partition coefficient (Wildman–Crippen LogP) is -0.107. The van der Waals surface area contributed by atoms with Crippen molar-refractivity contribution in [3.05, 3.63) is 0 Å². The van der Waals surface area contributed by atoms with E-state index in [1.165, 1.54) is 0 Å². The Labute approximate surface area is 55.3 Å². The van der Waals surface area contributed by atoms with E-state index in [1.807, 2.05) is 6.92 Å².